The minimum absolute atomic E-state index is 0.0400. The van der Waals surface area contributed by atoms with E-state index in [-0.39, 0.29) is 17.3 Å². The Morgan fingerprint density at radius 1 is 1.13 bits per heavy atom. The number of aromatic nitrogens is 3. The largest absolute Gasteiger partial charge is 0.339 e. The molecule has 2 aliphatic rings. The molecule has 0 aliphatic carbocycles. The Morgan fingerprint density at radius 2 is 1.90 bits per heavy atom. The van der Waals surface area contributed by atoms with Gasteiger partial charge in [-0.3, -0.25) is 4.79 Å². The molecule has 2 aliphatic heterocycles. The fraction of sp³-hybridized carbons (Fsp3) is 0.381. The van der Waals surface area contributed by atoms with Crippen LogP contribution in [0.25, 0.3) is 11.4 Å². The van der Waals surface area contributed by atoms with Crippen LogP contribution in [-0.4, -0.2) is 47.5 Å². The molecular formula is C21H23N5O4S. The van der Waals surface area contributed by atoms with E-state index in [1.165, 1.54) is 4.31 Å². The fourth-order valence-electron chi connectivity index (χ4n) is 4.19. The number of H-pyrrole nitrogens is 1. The first kappa shape index (κ1) is 20.1. The molecule has 0 bridgehead atoms. The summed E-state index contributed by atoms with van der Waals surface area (Å²) in [4.78, 5) is 20.2. The molecule has 3 aromatic rings. The summed E-state index contributed by atoms with van der Waals surface area (Å²) >= 11 is 0. The Morgan fingerprint density at radius 3 is 2.68 bits per heavy atom. The predicted molar refractivity (Wildman–Crippen MR) is 113 cm³/mol. The first-order valence-electron chi connectivity index (χ1n) is 10.4. The molecule has 0 unspecified atom stereocenters. The lowest BCUT2D eigenvalue weighted by atomic mass is 9.98. The normalized spacial score (nSPS) is 18.1. The van der Waals surface area contributed by atoms with Crippen LogP contribution in [-0.2, 0) is 23.0 Å². The van der Waals surface area contributed by atoms with Crippen LogP contribution in [0.1, 0.15) is 35.9 Å². The van der Waals surface area contributed by atoms with Crippen molar-refractivity contribution in [2.45, 2.75) is 36.6 Å². The smallest absolute Gasteiger partial charge is 0.259 e. The van der Waals surface area contributed by atoms with E-state index in [0.29, 0.717) is 48.8 Å². The Balaban J connectivity index is 1.31. The minimum atomic E-state index is -3.50. The monoisotopic (exact) mass is 441 g/mol. The summed E-state index contributed by atoms with van der Waals surface area (Å²) in [5, 5.41) is 7.31. The number of nitrogens with one attached hydrogen (secondary N) is 2. The van der Waals surface area contributed by atoms with Gasteiger partial charge in [0.25, 0.3) is 5.56 Å². The third-order valence-electron chi connectivity index (χ3n) is 5.95. The van der Waals surface area contributed by atoms with Crippen molar-refractivity contribution < 1.29 is 12.9 Å². The molecular weight excluding hydrogens is 418 g/mol. The highest BCUT2D eigenvalue weighted by molar-refractivity contribution is 7.89. The summed E-state index contributed by atoms with van der Waals surface area (Å²) in [6.07, 6.45) is 1.95. The highest BCUT2D eigenvalue weighted by Crippen LogP contribution is 2.30. The minimum Gasteiger partial charge on any atom is -0.339 e. The van der Waals surface area contributed by atoms with E-state index in [4.69, 9.17) is 4.52 Å². The predicted octanol–water partition coefficient (Wildman–Crippen LogP) is 1.64. The summed E-state index contributed by atoms with van der Waals surface area (Å²) in [5.74, 6) is 0.674. The van der Waals surface area contributed by atoms with Gasteiger partial charge >= 0.3 is 0 Å². The third kappa shape index (κ3) is 3.82. The Hall–Kier alpha value is -2.82. The molecule has 0 atom stereocenters. The molecule has 1 saturated heterocycles. The van der Waals surface area contributed by atoms with Gasteiger partial charge in [0.2, 0.25) is 21.7 Å². The lowest BCUT2D eigenvalue weighted by Gasteiger charge is -2.29. The van der Waals surface area contributed by atoms with Gasteiger partial charge in [0.15, 0.2) is 0 Å². The zero-order valence-electron chi connectivity index (χ0n) is 16.9. The van der Waals surface area contributed by atoms with E-state index >= 15 is 0 Å². The van der Waals surface area contributed by atoms with Crippen LogP contribution in [0.3, 0.4) is 0 Å². The van der Waals surface area contributed by atoms with E-state index in [2.05, 4.69) is 20.4 Å². The summed E-state index contributed by atoms with van der Waals surface area (Å²) < 4.78 is 32.6. The number of rotatable bonds is 4. The maximum atomic E-state index is 12.8. The molecule has 1 fully saturated rings. The number of hydrogen-bond donors (Lipinski definition) is 2. The highest BCUT2D eigenvalue weighted by Gasteiger charge is 2.32. The number of benzene rings is 1. The molecule has 0 spiro atoms. The standard InChI is InChI=1S/C21H23N5O4S/c27-20-17(12-15-13-22-9-6-18(15)23-20)19-24-21(30-25-19)14-7-10-26(11-8-14)31(28,29)16-4-2-1-3-5-16/h1-5,12,14,22H,6-11,13H2,(H,23,27). The van der Waals surface area contributed by atoms with Gasteiger partial charge < -0.3 is 14.8 Å². The van der Waals surface area contributed by atoms with Crippen molar-refractivity contribution in [3.63, 3.8) is 0 Å². The molecule has 2 N–H and O–H groups in total. The fourth-order valence-corrected chi connectivity index (χ4v) is 5.68. The zero-order valence-corrected chi connectivity index (χ0v) is 17.7. The van der Waals surface area contributed by atoms with E-state index in [9.17, 15) is 13.2 Å². The van der Waals surface area contributed by atoms with E-state index in [0.717, 1.165) is 24.2 Å². The lowest BCUT2D eigenvalue weighted by molar-refractivity contribution is 0.271. The van der Waals surface area contributed by atoms with Crippen molar-refractivity contribution in [3.05, 3.63) is 63.9 Å². The molecule has 4 heterocycles. The number of hydrogen-bond acceptors (Lipinski definition) is 7. The summed E-state index contributed by atoms with van der Waals surface area (Å²) in [6.45, 7) is 2.29. The Labute approximate surface area is 179 Å². The van der Waals surface area contributed by atoms with Gasteiger partial charge in [-0.15, -0.1) is 0 Å². The van der Waals surface area contributed by atoms with Gasteiger partial charge in [-0.2, -0.15) is 9.29 Å². The second kappa shape index (κ2) is 8.03. The van der Waals surface area contributed by atoms with Gasteiger partial charge in [0, 0.05) is 44.2 Å². The van der Waals surface area contributed by atoms with Crippen LogP contribution < -0.4 is 10.9 Å². The van der Waals surface area contributed by atoms with Crippen molar-refractivity contribution >= 4 is 10.0 Å². The topological polar surface area (TPSA) is 121 Å². The van der Waals surface area contributed by atoms with Crippen LogP contribution in [0, 0.1) is 0 Å². The molecule has 5 rings (SSSR count). The number of pyridine rings is 1. The number of fused-ring (bicyclic) bond motifs is 1. The molecule has 31 heavy (non-hydrogen) atoms. The van der Waals surface area contributed by atoms with Gasteiger partial charge in [0.05, 0.1) is 10.5 Å². The van der Waals surface area contributed by atoms with Gasteiger partial charge in [0.1, 0.15) is 0 Å². The van der Waals surface area contributed by atoms with Crippen molar-refractivity contribution in [1.82, 2.24) is 24.7 Å². The zero-order chi connectivity index (χ0) is 21.4. The van der Waals surface area contributed by atoms with Crippen molar-refractivity contribution in [3.8, 4) is 11.4 Å². The first-order valence-corrected chi connectivity index (χ1v) is 11.8. The Bertz CT molecular complexity index is 1240. The van der Waals surface area contributed by atoms with Crippen LogP contribution in [0.2, 0.25) is 0 Å². The number of aromatic amines is 1. The second-order valence-corrected chi connectivity index (χ2v) is 9.83. The van der Waals surface area contributed by atoms with Gasteiger partial charge in [-0.05, 0) is 36.6 Å². The molecule has 0 saturated carbocycles. The second-order valence-electron chi connectivity index (χ2n) is 7.89. The molecule has 2 aromatic heterocycles. The average Bonchev–Trinajstić information content (AvgIpc) is 3.29. The van der Waals surface area contributed by atoms with E-state index in [1.54, 1.807) is 30.3 Å². The molecule has 10 heteroatoms. The van der Waals surface area contributed by atoms with Crippen LogP contribution in [0.5, 0.6) is 0 Å². The number of piperidine rings is 1. The molecule has 0 amide bonds. The maximum Gasteiger partial charge on any atom is 0.259 e. The summed E-state index contributed by atoms with van der Waals surface area (Å²) in [5.41, 5.74) is 2.15. The first-order chi connectivity index (χ1) is 15.0. The number of sulfonamides is 1. The van der Waals surface area contributed by atoms with Crippen molar-refractivity contribution in [2.75, 3.05) is 19.6 Å². The third-order valence-corrected chi connectivity index (χ3v) is 7.86. The molecule has 1 aromatic carbocycles. The Kier molecular flexibility index (Phi) is 5.20. The molecule has 9 nitrogen and oxygen atoms in total. The lowest BCUT2D eigenvalue weighted by Crippen LogP contribution is -2.37. The van der Waals surface area contributed by atoms with E-state index in [1.807, 2.05) is 6.07 Å². The van der Waals surface area contributed by atoms with Crippen molar-refractivity contribution in [1.29, 1.82) is 0 Å². The van der Waals surface area contributed by atoms with Crippen molar-refractivity contribution in [2.24, 2.45) is 0 Å². The van der Waals surface area contributed by atoms with Crippen LogP contribution >= 0.6 is 0 Å². The van der Waals surface area contributed by atoms with Gasteiger partial charge in [-0.1, -0.05) is 23.4 Å². The summed E-state index contributed by atoms with van der Waals surface area (Å²) in [7, 11) is -3.50. The maximum absolute atomic E-state index is 12.8. The van der Waals surface area contributed by atoms with E-state index < -0.39 is 10.0 Å². The number of nitrogens with zero attached hydrogens (tertiary/aromatic N) is 3. The van der Waals surface area contributed by atoms with Crippen LogP contribution in [0.4, 0.5) is 0 Å². The molecule has 0 radical (unpaired) electrons. The molecule has 162 valence electrons. The SMILES string of the molecule is O=c1[nH]c2c(cc1-c1noc(C3CCN(S(=O)(=O)c4ccccc4)CC3)n1)CNCC2. The highest BCUT2D eigenvalue weighted by atomic mass is 32.2. The summed E-state index contributed by atoms with van der Waals surface area (Å²) in [6, 6.07) is 10.3. The average molecular weight is 442 g/mol. The van der Waals surface area contributed by atoms with Crippen LogP contribution in [0.15, 0.2) is 50.6 Å². The quantitative estimate of drug-likeness (QED) is 0.631. The van der Waals surface area contributed by atoms with Gasteiger partial charge in [-0.25, -0.2) is 8.42 Å².